The molecule has 0 saturated heterocycles. The van der Waals surface area contributed by atoms with Crippen LogP contribution in [0, 0.1) is 0 Å². The van der Waals surface area contributed by atoms with Gasteiger partial charge in [0.25, 0.3) is 0 Å². The van der Waals surface area contributed by atoms with Crippen molar-refractivity contribution in [2.75, 3.05) is 39.0 Å². The predicted molar refractivity (Wildman–Crippen MR) is 84.1 cm³/mol. The number of carbonyl (C=O) groups excluding carboxylic acids is 1. The highest BCUT2D eigenvalue weighted by Gasteiger charge is 2.05. The molecule has 1 aromatic rings. The average Bonchev–Trinajstić information content (AvgIpc) is 2.39. The summed E-state index contributed by atoms with van der Waals surface area (Å²) in [5, 5.41) is 9.00. The van der Waals surface area contributed by atoms with Gasteiger partial charge in [-0.1, -0.05) is 19.1 Å². The topological polar surface area (TPSA) is 56.4 Å². The van der Waals surface area contributed by atoms with Gasteiger partial charge in [0, 0.05) is 24.8 Å². The number of anilines is 1. The first-order valence-corrected chi connectivity index (χ1v) is 7.06. The highest BCUT2D eigenvalue weighted by atomic mass is 16.2. The summed E-state index contributed by atoms with van der Waals surface area (Å²) < 4.78 is 0. The van der Waals surface area contributed by atoms with Crippen LogP contribution in [-0.4, -0.2) is 44.7 Å². The van der Waals surface area contributed by atoms with E-state index >= 15 is 0 Å². The summed E-state index contributed by atoms with van der Waals surface area (Å²) in [6.45, 7) is 6.61. The highest BCUT2D eigenvalue weighted by molar-refractivity contribution is 5.89. The number of likely N-dealkylation sites (N-methyl/N-ethyl adjacent to an activating group) is 1. The summed E-state index contributed by atoms with van der Waals surface area (Å²) in [4.78, 5) is 13.7. The number of amides is 2. The van der Waals surface area contributed by atoms with Gasteiger partial charge in [-0.3, -0.25) is 0 Å². The maximum Gasteiger partial charge on any atom is 0.319 e. The minimum Gasteiger partial charge on any atom is -0.337 e. The van der Waals surface area contributed by atoms with E-state index in [1.807, 2.05) is 43.3 Å². The molecule has 0 aliphatic heterocycles. The van der Waals surface area contributed by atoms with Gasteiger partial charge in [0.2, 0.25) is 0 Å². The van der Waals surface area contributed by atoms with Crippen molar-refractivity contribution < 1.29 is 4.79 Å². The molecule has 0 aliphatic rings. The van der Waals surface area contributed by atoms with Crippen LogP contribution < -0.4 is 16.0 Å². The van der Waals surface area contributed by atoms with Crippen molar-refractivity contribution in [2.45, 2.75) is 19.9 Å². The number of urea groups is 1. The molecule has 1 aromatic carbocycles. The number of nitrogens with zero attached hydrogens (tertiary/aromatic N) is 1. The van der Waals surface area contributed by atoms with Gasteiger partial charge in [0.1, 0.15) is 0 Å². The van der Waals surface area contributed by atoms with Crippen LogP contribution >= 0.6 is 0 Å². The van der Waals surface area contributed by atoms with Crippen LogP contribution in [0.5, 0.6) is 0 Å². The largest absolute Gasteiger partial charge is 0.337 e. The molecule has 0 radical (unpaired) electrons. The lowest BCUT2D eigenvalue weighted by Gasteiger charge is -2.14. The summed E-state index contributed by atoms with van der Waals surface area (Å²) in [5.41, 5.74) is 2.02. The van der Waals surface area contributed by atoms with E-state index in [2.05, 4.69) is 29.8 Å². The Morgan fingerprint density at radius 2 is 1.90 bits per heavy atom. The number of hydrogen-bond acceptors (Lipinski definition) is 3. The van der Waals surface area contributed by atoms with E-state index in [-0.39, 0.29) is 6.03 Å². The molecule has 0 heterocycles. The third-order valence-electron chi connectivity index (χ3n) is 3.02. The minimum absolute atomic E-state index is 0.167. The smallest absolute Gasteiger partial charge is 0.319 e. The van der Waals surface area contributed by atoms with Gasteiger partial charge in [-0.25, -0.2) is 4.79 Å². The molecular weight excluding hydrogens is 252 g/mol. The van der Waals surface area contributed by atoms with Crippen molar-refractivity contribution >= 4 is 11.7 Å². The first kappa shape index (κ1) is 16.5. The lowest BCUT2D eigenvalue weighted by atomic mass is 10.1. The molecule has 2 amide bonds. The van der Waals surface area contributed by atoms with E-state index < -0.39 is 0 Å². The van der Waals surface area contributed by atoms with E-state index in [4.69, 9.17) is 0 Å². The number of carbonyl (C=O) groups is 1. The Morgan fingerprint density at radius 1 is 1.25 bits per heavy atom. The minimum atomic E-state index is -0.167. The number of benzene rings is 1. The predicted octanol–water partition coefficient (Wildman–Crippen LogP) is 2.04. The maximum atomic E-state index is 11.7. The highest BCUT2D eigenvalue weighted by Crippen LogP contribution is 2.15. The Hall–Kier alpha value is -1.59. The summed E-state index contributed by atoms with van der Waals surface area (Å²) in [6, 6.07) is 8.07. The Bertz CT molecular complexity index is 403. The Balaban J connectivity index is 2.42. The van der Waals surface area contributed by atoms with E-state index in [0.717, 1.165) is 18.8 Å². The van der Waals surface area contributed by atoms with Crippen molar-refractivity contribution in [1.29, 1.82) is 0 Å². The van der Waals surface area contributed by atoms with Crippen LogP contribution in [0.3, 0.4) is 0 Å². The summed E-state index contributed by atoms with van der Waals surface area (Å²) in [7, 11) is 3.95. The van der Waals surface area contributed by atoms with E-state index in [9.17, 15) is 4.79 Å². The molecule has 112 valence electrons. The molecule has 0 spiro atoms. The van der Waals surface area contributed by atoms with Gasteiger partial charge in [-0.05, 0) is 45.3 Å². The Labute approximate surface area is 121 Å². The fourth-order valence-electron chi connectivity index (χ4n) is 1.85. The fraction of sp³-hybridized carbons (Fsp3) is 0.533. The van der Waals surface area contributed by atoms with Crippen molar-refractivity contribution in [3.63, 3.8) is 0 Å². The molecule has 0 bridgehead atoms. The number of rotatable bonds is 7. The zero-order valence-corrected chi connectivity index (χ0v) is 12.9. The van der Waals surface area contributed by atoms with Gasteiger partial charge in [-0.15, -0.1) is 0 Å². The number of nitrogens with one attached hydrogen (secondary N) is 3. The average molecular weight is 278 g/mol. The van der Waals surface area contributed by atoms with Crippen LogP contribution in [0.4, 0.5) is 10.5 Å². The van der Waals surface area contributed by atoms with Gasteiger partial charge < -0.3 is 20.9 Å². The Kier molecular flexibility index (Phi) is 7.04. The van der Waals surface area contributed by atoms with Crippen LogP contribution in [0.1, 0.15) is 25.5 Å². The van der Waals surface area contributed by atoms with Crippen molar-refractivity contribution in [3.8, 4) is 0 Å². The zero-order valence-electron chi connectivity index (χ0n) is 12.9. The standard InChI is InChI=1S/C15H26N4O/c1-5-16-12(2)13-6-8-14(9-7-13)18-15(20)17-10-11-19(3)4/h6-9,12,16H,5,10-11H2,1-4H3,(H2,17,18,20). The Morgan fingerprint density at radius 3 is 2.45 bits per heavy atom. The molecule has 1 unspecified atom stereocenters. The normalized spacial score (nSPS) is 12.2. The third-order valence-corrected chi connectivity index (χ3v) is 3.02. The second-order valence-corrected chi connectivity index (χ2v) is 5.09. The van der Waals surface area contributed by atoms with Crippen LogP contribution in [0.25, 0.3) is 0 Å². The second-order valence-electron chi connectivity index (χ2n) is 5.09. The molecule has 20 heavy (non-hydrogen) atoms. The van der Waals surface area contributed by atoms with Crippen molar-refractivity contribution in [1.82, 2.24) is 15.5 Å². The molecule has 0 fully saturated rings. The quantitative estimate of drug-likeness (QED) is 0.715. The monoisotopic (exact) mass is 278 g/mol. The van der Waals surface area contributed by atoms with E-state index in [1.54, 1.807) is 0 Å². The molecule has 1 atom stereocenters. The van der Waals surface area contributed by atoms with Gasteiger partial charge >= 0.3 is 6.03 Å². The lowest BCUT2D eigenvalue weighted by Crippen LogP contribution is -2.34. The van der Waals surface area contributed by atoms with Crippen molar-refractivity contribution in [2.24, 2.45) is 0 Å². The summed E-state index contributed by atoms with van der Waals surface area (Å²) in [5.74, 6) is 0. The molecule has 0 saturated carbocycles. The van der Waals surface area contributed by atoms with Crippen LogP contribution in [-0.2, 0) is 0 Å². The second kappa shape index (κ2) is 8.55. The fourth-order valence-corrected chi connectivity index (χ4v) is 1.85. The third kappa shape index (κ3) is 6.04. The van der Waals surface area contributed by atoms with E-state index in [1.165, 1.54) is 5.56 Å². The first-order valence-electron chi connectivity index (χ1n) is 7.06. The van der Waals surface area contributed by atoms with Crippen LogP contribution in [0.15, 0.2) is 24.3 Å². The van der Waals surface area contributed by atoms with Gasteiger partial charge in [0.15, 0.2) is 0 Å². The molecule has 5 heteroatoms. The SMILES string of the molecule is CCNC(C)c1ccc(NC(=O)NCCN(C)C)cc1. The molecule has 1 rings (SSSR count). The van der Waals surface area contributed by atoms with Gasteiger partial charge in [-0.2, -0.15) is 0 Å². The molecule has 0 aromatic heterocycles. The zero-order chi connectivity index (χ0) is 15.0. The molecule has 3 N–H and O–H groups in total. The molecule has 0 aliphatic carbocycles. The molecular formula is C15H26N4O. The lowest BCUT2D eigenvalue weighted by molar-refractivity contribution is 0.250. The summed E-state index contributed by atoms with van der Waals surface area (Å²) in [6.07, 6.45) is 0. The van der Waals surface area contributed by atoms with Crippen LogP contribution in [0.2, 0.25) is 0 Å². The summed E-state index contributed by atoms with van der Waals surface area (Å²) >= 11 is 0. The van der Waals surface area contributed by atoms with E-state index in [0.29, 0.717) is 12.6 Å². The van der Waals surface area contributed by atoms with Gasteiger partial charge in [0.05, 0.1) is 0 Å². The number of hydrogen-bond donors (Lipinski definition) is 3. The molecule has 5 nitrogen and oxygen atoms in total. The first-order chi connectivity index (χ1) is 9.52. The van der Waals surface area contributed by atoms with Crippen molar-refractivity contribution in [3.05, 3.63) is 29.8 Å². The maximum absolute atomic E-state index is 11.7.